The maximum Gasteiger partial charge on any atom is 0.254 e. The number of aryl methyl sites for hydroxylation is 3. The molecular weight excluding hydrogens is 450 g/mol. The van der Waals surface area contributed by atoms with Gasteiger partial charge in [0, 0.05) is 31.4 Å². The number of nitrogens with one attached hydrogen (secondary N) is 1. The predicted molar refractivity (Wildman–Crippen MR) is 135 cm³/mol. The predicted octanol–water partition coefficient (Wildman–Crippen LogP) is 4.05. The highest BCUT2D eigenvalue weighted by Gasteiger charge is 2.31. The monoisotopic (exact) mass is 485 g/mol. The van der Waals surface area contributed by atoms with E-state index in [0.717, 1.165) is 35.2 Å². The van der Waals surface area contributed by atoms with Crippen LogP contribution in [0.1, 0.15) is 52.4 Å². The number of benzene rings is 2. The molecule has 0 aromatic heterocycles. The Morgan fingerprint density at radius 3 is 2.21 bits per heavy atom. The fourth-order valence-electron chi connectivity index (χ4n) is 4.28. The summed E-state index contributed by atoms with van der Waals surface area (Å²) >= 11 is 0. The lowest BCUT2D eigenvalue weighted by atomic mass is 10.0. The fourth-order valence-corrected chi connectivity index (χ4v) is 6.07. The van der Waals surface area contributed by atoms with Gasteiger partial charge in [0.25, 0.3) is 5.91 Å². The highest BCUT2D eigenvalue weighted by atomic mass is 32.2. The first kappa shape index (κ1) is 25.9. The van der Waals surface area contributed by atoms with E-state index in [1.807, 2.05) is 32.0 Å². The molecule has 1 aliphatic heterocycles. The van der Waals surface area contributed by atoms with Gasteiger partial charge in [0.2, 0.25) is 15.9 Å². The summed E-state index contributed by atoms with van der Waals surface area (Å²) in [6.07, 6.45) is 1.65. The molecule has 0 spiro atoms. The molecule has 1 fully saturated rings. The van der Waals surface area contributed by atoms with Gasteiger partial charge in [-0.1, -0.05) is 25.1 Å². The van der Waals surface area contributed by atoms with Crippen LogP contribution in [-0.2, 0) is 14.8 Å². The second-order valence-corrected chi connectivity index (χ2v) is 11.4. The second kappa shape index (κ2) is 10.3. The number of carbonyl (C=O) groups is 2. The molecule has 1 aliphatic rings. The van der Waals surface area contributed by atoms with Crippen LogP contribution in [0.3, 0.4) is 0 Å². The molecule has 2 aromatic carbocycles. The number of amides is 2. The molecule has 0 radical (unpaired) electrons. The minimum atomic E-state index is -3.71. The first-order valence-corrected chi connectivity index (χ1v) is 13.1. The molecule has 0 bridgehead atoms. The van der Waals surface area contributed by atoms with Gasteiger partial charge < -0.3 is 10.2 Å². The van der Waals surface area contributed by atoms with Crippen molar-refractivity contribution in [3.63, 3.8) is 0 Å². The summed E-state index contributed by atoms with van der Waals surface area (Å²) in [5.74, 6) is -0.207. The van der Waals surface area contributed by atoms with E-state index in [0.29, 0.717) is 24.6 Å². The molecule has 0 saturated carbocycles. The van der Waals surface area contributed by atoms with E-state index in [9.17, 15) is 18.0 Å². The van der Waals surface area contributed by atoms with Crippen LogP contribution in [0.2, 0.25) is 0 Å². The van der Waals surface area contributed by atoms with Crippen molar-refractivity contribution in [1.82, 2.24) is 9.21 Å². The van der Waals surface area contributed by atoms with Crippen LogP contribution < -0.4 is 5.32 Å². The number of nitrogens with zero attached hydrogens (tertiary/aromatic N) is 2. The number of anilines is 1. The first-order valence-electron chi connectivity index (χ1n) is 11.6. The lowest BCUT2D eigenvalue weighted by Crippen LogP contribution is -2.38. The van der Waals surface area contributed by atoms with Gasteiger partial charge in [-0.2, -0.15) is 4.31 Å². The Hall–Kier alpha value is -2.71. The fraction of sp³-hybridized carbons (Fsp3) is 0.462. The molecule has 8 heteroatoms. The van der Waals surface area contributed by atoms with Crippen LogP contribution in [0.25, 0.3) is 0 Å². The average Bonchev–Trinajstić information content (AvgIpc) is 2.77. The third-order valence-corrected chi connectivity index (χ3v) is 8.72. The lowest BCUT2D eigenvalue weighted by molar-refractivity contribution is -0.116. The molecule has 7 nitrogen and oxygen atoms in total. The molecular formula is C26H35N3O4S. The Morgan fingerprint density at radius 2 is 1.62 bits per heavy atom. The minimum absolute atomic E-state index is 0.147. The van der Waals surface area contributed by atoms with E-state index >= 15 is 0 Å². The van der Waals surface area contributed by atoms with E-state index in [4.69, 9.17) is 0 Å². The normalized spacial score (nSPS) is 15.2. The minimum Gasteiger partial charge on any atom is -0.332 e. The molecule has 0 atom stereocenters. The van der Waals surface area contributed by atoms with Crippen molar-refractivity contribution < 1.29 is 18.0 Å². The Morgan fingerprint density at radius 1 is 1.03 bits per heavy atom. The van der Waals surface area contributed by atoms with Crippen molar-refractivity contribution in [2.24, 2.45) is 5.92 Å². The number of likely N-dealkylation sites (N-methyl/N-ethyl adjacent to an activating group) is 1. The Labute approximate surface area is 203 Å². The van der Waals surface area contributed by atoms with Crippen molar-refractivity contribution in [3.05, 3.63) is 58.1 Å². The van der Waals surface area contributed by atoms with Crippen LogP contribution in [0.4, 0.5) is 5.69 Å². The third-order valence-electron chi connectivity index (χ3n) is 6.70. The molecule has 0 aliphatic carbocycles. The maximum absolute atomic E-state index is 13.4. The van der Waals surface area contributed by atoms with Gasteiger partial charge in [0.05, 0.1) is 11.4 Å². The Kier molecular flexibility index (Phi) is 7.83. The maximum atomic E-state index is 13.4. The molecule has 0 unspecified atom stereocenters. The number of hydrogen-bond acceptors (Lipinski definition) is 4. The van der Waals surface area contributed by atoms with Gasteiger partial charge in [-0.05, 0) is 80.8 Å². The molecule has 1 saturated heterocycles. The summed E-state index contributed by atoms with van der Waals surface area (Å²) in [5, 5.41) is 2.88. The van der Waals surface area contributed by atoms with Gasteiger partial charge in [-0.15, -0.1) is 0 Å². The van der Waals surface area contributed by atoms with Crippen LogP contribution in [0.15, 0.2) is 35.2 Å². The van der Waals surface area contributed by atoms with E-state index in [2.05, 4.69) is 12.2 Å². The van der Waals surface area contributed by atoms with Crippen molar-refractivity contribution in [1.29, 1.82) is 0 Å². The number of sulfonamides is 1. The third kappa shape index (κ3) is 5.50. The lowest BCUT2D eigenvalue weighted by Gasteiger charge is -2.30. The second-order valence-electron chi connectivity index (χ2n) is 9.48. The highest BCUT2D eigenvalue weighted by molar-refractivity contribution is 7.89. The van der Waals surface area contributed by atoms with E-state index in [-0.39, 0.29) is 22.9 Å². The Balaban J connectivity index is 1.80. The number of carbonyl (C=O) groups excluding carboxylic acids is 2. The summed E-state index contributed by atoms with van der Waals surface area (Å²) in [7, 11) is -2.17. The molecule has 34 heavy (non-hydrogen) atoms. The quantitative estimate of drug-likeness (QED) is 0.669. The summed E-state index contributed by atoms with van der Waals surface area (Å²) in [4.78, 5) is 27.3. The van der Waals surface area contributed by atoms with E-state index in [1.54, 1.807) is 27.0 Å². The van der Waals surface area contributed by atoms with Gasteiger partial charge in [-0.3, -0.25) is 9.59 Å². The Bertz CT molecular complexity index is 1180. The SMILES string of the molecule is Cc1cc(C(=O)N(C)CC(=O)Nc2c(C)cccc2C)cc(S(=O)(=O)N2CCC(C)CC2)c1C. The number of hydrogen-bond donors (Lipinski definition) is 1. The zero-order chi connectivity index (χ0) is 25.2. The van der Waals surface area contributed by atoms with Crippen LogP contribution in [0.5, 0.6) is 0 Å². The van der Waals surface area contributed by atoms with Gasteiger partial charge >= 0.3 is 0 Å². The molecule has 3 rings (SSSR count). The zero-order valence-corrected chi connectivity index (χ0v) is 21.8. The molecule has 2 amide bonds. The summed E-state index contributed by atoms with van der Waals surface area (Å²) < 4.78 is 28.3. The van der Waals surface area contributed by atoms with Crippen molar-refractivity contribution >= 4 is 27.5 Å². The number of rotatable bonds is 6. The summed E-state index contributed by atoms with van der Waals surface area (Å²) in [6.45, 7) is 10.4. The summed E-state index contributed by atoms with van der Waals surface area (Å²) in [6, 6.07) is 8.90. The van der Waals surface area contributed by atoms with Crippen LogP contribution >= 0.6 is 0 Å². The number of para-hydroxylation sites is 1. The van der Waals surface area contributed by atoms with Gasteiger partial charge in [0.1, 0.15) is 0 Å². The largest absolute Gasteiger partial charge is 0.332 e. The zero-order valence-electron chi connectivity index (χ0n) is 20.9. The molecule has 2 aromatic rings. The molecule has 184 valence electrons. The van der Waals surface area contributed by atoms with Crippen molar-refractivity contribution in [2.45, 2.75) is 52.4 Å². The molecule has 1 N–H and O–H groups in total. The van der Waals surface area contributed by atoms with E-state index in [1.165, 1.54) is 15.3 Å². The number of piperidine rings is 1. The standard InChI is InChI=1S/C26H35N3O4S/c1-17-10-12-29(13-11-17)34(32,33)23-15-22(14-20(4)21(23)5)26(31)28(6)16-24(30)27-25-18(2)8-7-9-19(25)3/h7-9,14-15,17H,10-13,16H2,1-6H3,(H,27,30). The smallest absolute Gasteiger partial charge is 0.254 e. The highest BCUT2D eigenvalue weighted by Crippen LogP contribution is 2.28. The summed E-state index contributed by atoms with van der Waals surface area (Å²) in [5.41, 5.74) is 4.25. The average molecular weight is 486 g/mol. The van der Waals surface area contributed by atoms with Crippen molar-refractivity contribution in [2.75, 3.05) is 32.0 Å². The topological polar surface area (TPSA) is 86.8 Å². The van der Waals surface area contributed by atoms with Crippen LogP contribution in [-0.4, -0.2) is 56.1 Å². The van der Waals surface area contributed by atoms with Crippen molar-refractivity contribution in [3.8, 4) is 0 Å². The van der Waals surface area contributed by atoms with Crippen LogP contribution in [0, 0.1) is 33.6 Å². The van der Waals surface area contributed by atoms with Gasteiger partial charge in [0.15, 0.2) is 0 Å². The van der Waals surface area contributed by atoms with E-state index < -0.39 is 15.9 Å². The molecule has 1 heterocycles. The van der Waals surface area contributed by atoms with Gasteiger partial charge in [-0.25, -0.2) is 8.42 Å². The first-order chi connectivity index (χ1) is 15.9.